The third-order valence-electron chi connectivity index (χ3n) is 4.44. The first-order valence-corrected chi connectivity index (χ1v) is 6.89. The zero-order chi connectivity index (χ0) is 10.3. The van der Waals surface area contributed by atoms with Gasteiger partial charge in [0.2, 0.25) is 0 Å². The lowest BCUT2D eigenvalue weighted by molar-refractivity contribution is 0.109. The fraction of sp³-hybridized carbons (Fsp3) is 1.00. The summed E-state index contributed by atoms with van der Waals surface area (Å²) < 4.78 is 0. The monoisotopic (exact) mass is 208 g/mol. The van der Waals surface area contributed by atoms with E-state index in [1.54, 1.807) is 0 Å². The Hall–Kier alpha value is -0.0800. The molecule has 2 unspecified atom stereocenters. The minimum Gasteiger partial charge on any atom is -0.314 e. The molecule has 2 bridgehead atoms. The minimum absolute atomic E-state index is 0.831. The highest BCUT2D eigenvalue weighted by Crippen LogP contribution is 2.43. The Labute approximate surface area is 93.4 Å². The van der Waals surface area contributed by atoms with E-state index in [-0.39, 0.29) is 0 Å². The topological polar surface area (TPSA) is 15.3 Å². The maximum atomic E-state index is 3.73. The third kappa shape index (κ3) is 1.94. The van der Waals surface area contributed by atoms with Crippen LogP contribution in [-0.2, 0) is 0 Å². The third-order valence-corrected chi connectivity index (χ3v) is 4.44. The molecule has 0 aromatic carbocycles. The number of fused-ring (bicyclic) bond motifs is 2. The van der Waals surface area contributed by atoms with E-state index in [1.807, 2.05) is 0 Å². The second kappa shape index (κ2) is 4.06. The van der Waals surface area contributed by atoms with Gasteiger partial charge in [0.25, 0.3) is 0 Å². The van der Waals surface area contributed by atoms with Gasteiger partial charge in [0, 0.05) is 24.2 Å². The van der Waals surface area contributed by atoms with Crippen LogP contribution in [0.5, 0.6) is 0 Å². The van der Waals surface area contributed by atoms with Crippen molar-refractivity contribution in [2.24, 2.45) is 0 Å². The molecule has 2 saturated heterocycles. The number of nitrogens with one attached hydrogen (secondary N) is 1. The van der Waals surface area contributed by atoms with Crippen molar-refractivity contribution in [1.82, 2.24) is 10.2 Å². The summed E-state index contributed by atoms with van der Waals surface area (Å²) in [6.45, 7) is 3.48. The molecule has 3 fully saturated rings. The van der Waals surface area contributed by atoms with Crippen molar-refractivity contribution in [2.75, 3.05) is 6.54 Å². The lowest BCUT2D eigenvalue weighted by atomic mass is 9.97. The second-order valence-corrected chi connectivity index (χ2v) is 5.69. The number of hydrogen-bond donors (Lipinski definition) is 1. The molecule has 2 aliphatic heterocycles. The molecule has 3 rings (SSSR count). The van der Waals surface area contributed by atoms with Gasteiger partial charge in [-0.05, 0) is 51.5 Å². The van der Waals surface area contributed by atoms with E-state index in [1.165, 1.54) is 51.5 Å². The Morgan fingerprint density at radius 1 is 1.00 bits per heavy atom. The van der Waals surface area contributed by atoms with Gasteiger partial charge in [0.1, 0.15) is 0 Å². The largest absolute Gasteiger partial charge is 0.314 e. The molecule has 1 saturated carbocycles. The van der Waals surface area contributed by atoms with Crippen LogP contribution in [0.3, 0.4) is 0 Å². The van der Waals surface area contributed by atoms with E-state index in [4.69, 9.17) is 0 Å². The van der Waals surface area contributed by atoms with Gasteiger partial charge in [-0.2, -0.15) is 0 Å². The van der Waals surface area contributed by atoms with E-state index in [0.29, 0.717) is 0 Å². The molecule has 15 heavy (non-hydrogen) atoms. The van der Waals surface area contributed by atoms with Crippen LogP contribution in [0.25, 0.3) is 0 Å². The first-order chi connectivity index (χ1) is 7.38. The average Bonchev–Trinajstić information content (AvgIpc) is 3.04. The van der Waals surface area contributed by atoms with Crippen LogP contribution in [0.15, 0.2) is 0 Å². The molecule has 0 aromatic heterocycles. The SMILES string of the molecule is CCCNC1CC2CCC(C1)N2C1CC1. The van der Waals surface area contributed by atoms with Crippen molar-refractivity contribution >= 4 is 0 Å². The molecule has 0 amide bonds. The van der Waals surface area contributed by atoms with Crippen LogP contribution in [-0.4, -0.2) is 35.6 Å². The highest BCUT2D eigenvalue weighted by Gasteiger charge is 2.46. The average molecular weight is 208 g/mol. The van der Waals surface area contributed by atoms with Gasteiger partial charge in [-0.15, -0.1) is 0 Å². The highest BCUT2D eigenvalue weighted by molar-refractivity contribution is 5.03. The Morgan fingerprint density at radius 3 is 2.13 bits per heavy atom. The number of piperidine rings is 1. The van der Waals surface area contributed by atoms with E-state index in [9.17, 15) is 0 Å². The lowest BCUT2D eigenvalue weighted by Gasteiger charge is -2.39. The van der Waals surface area contributed by atoms with Crippen LogP contribution in [0.1, 0.15) is 51.9 Å². The maximum absolute atomic E-state index is 3.73. The van der Waals surface area contributed by atoms with E-state index < -0.39 is 0 Å². The molecule has 2 heteroatoms. The predicted octanol–water partition coefficient (Wildman–Crippen LogP) is 2.14. The summed E-state index contributed by atoms with van der Waals surface area (Å²) in [5.41, 5.74) is 0. The van der Waals surface area contributed by atoms with Crippen LogP contribution in [0.4, 0.5) is 0 Å². The van der Waals surface area contributed by atoms with Crippen LogP contribution in [0.2, 0.25) is 0 Å². The Bertz CT molecular complexity index is 211. The fourth-order valence-corrected chi connectivity index (χ4v) is 3.70. The van der Waals surface area contributed by atoms with E-state index >= 15 is 0 Å². The van der Waals surface area contributed by atoms with Crippen molar-refractivity contribution in [1.29, 1.82) is 0 Å². The Balaban J connectivity index is 1.58. The van der Waals surface area contributed by atoms with Crippen LogP contribution in [0, 0.1) is 0 Å². The molecular weight excluding hydrogens is 184 g/mol. The molecule has 0 aromatic rings. The predicted molar refractivity (Wildman–Crippen MR) is 63.0 cm³/mol. The van der Waals surface area contributed by atoms with Crippen LogP contribution >= 0.6 is 0 Å². The summed E-state index contributed by atoms with van der Waals surface area (Å²) in [4.78, 5) is 2.88. The van der Waals surface area contributed by atoms with Gasteiger partial charge in [0.15, 0.2) is 0 Å². The Morgan fingerprint density at radius 2 is 1.60 bits per heavy atom. The smallest absolute Gasteiger partial charge is 0.0116 e. The first-order valence-electron chi connectivity index (χ1n) is 6.89. The highest BCUT2D eigenvalue weighted by atomic mass is 15.3. The molecule has 0 spiro atoms. The molecule has 86 valence electrons. The van der Waals surface area contributed by atoms with Crippen molar-refractivity contribution in [3.05, 3.63) is 0 Å². The Kier molecular flexibility index (Phi) is 2.73. The van der Waals surface area contributed by atoms with Gasteiger partial charge in [0.05, 0.1) is 0 Å². The summed E-state index contributed by atoms with van der Waals surface area (Å²) >= 11 is 0. The summed E-state index contributed by atoms with van der Waals surface area (Å²) in [5, 5.41) is 3.73. The number of rotatable bonds is 4. The normalized spacial score (nSPS) is 41.0. The molecule has 2 nitrogen and oxygen atoms in total. The fourth-order valence-electron chi connectivity index (χ4n) is 3.70. The summed E-state index contributed by atoms with van der Waals surface area (Å²) in [6.07, 6.45) is 10.1. The van der Waals surface area contributed by atoms with E-state index in [0.717, 1.165) is 24.2 Å². The number of hydrogen-bond acceptors (Lipinski definition) is 2. The summed E-state index contributed by atoms with van der Waals surface area (Å²) in [6, 6.07) is 3.70. The van der Waals surface area contributed by atoms with Gasteiger partial charge in [-0.25, -0.2) is 0 Å². The van der Waals surface area contributed by atoms with E-state index in [2.05, 4.69) is 17.1 Å². The van der Waals surface area contributed by atoms with Gasteiger partial charge in [-0.1, -0.05) is 6.92 Å². The van der Waals surface area contributed by atoms with Crippen molar-refractivity contribution in [3.63, 3.8) is 0 Å². The molecule has 0 radical (unpaired) electrons. The first kappa shape index (κ1) is 10.1. The maximum Gasteiger partial charge on any atom is 0.0116 e. The lowest BCUT2D eigenvalue weighted by Crippen LogP contribution is -2.50. The molecule has 3 aliphatic rings. The summed E-state index contributed by atoms with van der Waals surface area (Å²) in [5.74, 6) is 0. The molecule has 2 heterocycles. The minimum atomic E-state index is 0.831. The standard InChI is InChI=1S/C13H24N2/c1-2-7-14-10-8-12-5-6-13(9-10)15(12)11-3-4-11/h10-14H,2-9H2,1H3. The molecule has 2 atom stereocenters. The zero-order valence-electron chi connectivity index (χ0n) is 9.91. The molecular formula is C13H24N2. The number of nitrogens with zero attached hydrogens (tertiary/aromatic N) is 1. The summed E-state index contributed by atoms with van der Waals surface area (Å²) in [7, 11) is 0. The van der Waals surface area contributed by atoms with Gasteiger partial charge < -0.3 is 5.32 Å². The van der Waals surface area contributed by atoms with Crippen molar-refractivity contribution in [3.8, 4) is 0 Å². The van der Waals surface area contributed by atoms with Gasteiger partial charge >= 0.3 is 0 Å². The second-order valence-electron chi connectivity index (χ2n) is 5.69. The quantitative estimate of drug-likeness (QED) is 0.761. The molecule has 1 N–H and O–H groups in total. The van der Waals surface area contributed by atoms with Crippen molar-refractivity contribution < 1.29 is 0 Å². The zero-order valence-corrected chi connectivity index (χ0v) is 9.91. The van der Waals surface area contributed by atoms with Gasteiger partial charge in [-0.3, -0.25) is 4.90 Å². The van der Waals surface area contributed by atoms with Crippen LogP contribution < -0.4 is 5.32 Å². The molecule has 1 aliphatic carbocycles. The van der Waals surface area contributed by atoms with Crippen molar-refractivity contribution in [2.45, 2.75) is 76.0 Å².